The molecule has 0 saturated carbocycles. The highest BCUT2D eigenvalue weighted by atomic mass is 16.2. The monoisotopic (exact) mass is 330 g/mol. The third-order valence-corrected chi connectivity index (χ3v) is 4.93. The van der Waals surface area contributed by atoms with E-state index in [9.17, 15) is 9.59 Å². The number of hydrogen-bond acceptors (Lipinski definition) is 2. The fourth-order valence-electron chi connectivity index (χ4n) is 3.33. The first-order valence-electron chi connectivity index (χ1n) is 9.25. The average Bonchev–Trinajstić information content (AvgIpc) is 2.64. The van der Waals surface area contributed by atoms with Crippen LogP contribution in [0.15, 0.2) is 24.3 Å². The minimum absolute atomic E-state index is 0.0202. The lowest BCUT2D eigenvalue weighted by molar-refractivity contribution is 0.0607. The van der Waals surface area contributed by atoms with E-state index in [-0.39, 0.29) is 11.8 Å². The van der Waals surface area contributed by atoms with Crippen LogP contribution in [0.2, 0.25) is 0 Å². The Hall–Kier alpha value is -1.84. The normalized spacial score (nSPS) is 17.6. The summed E-state index contributed by atoms with van der Waals surface area (Å²) >= 11 is 0. The van der Waals surface area contributed by atoms with Gasteiger partial charge in [0, 0.05) is 37.3 Å². The van der Waals surface area contributed by atoms with Crippen LogP contribution in [0, 0.1) is 0 Å². The van der Waals surface area contributed by atoms with E-state index in [2.05, 4.69) is 13.8 Å². The van der Waals surface area contributed by atoms with E-state index in [1.165, 1.54) is 6.42 Å². The standard InChI is InChI=1S/C20H30N2O2/c1-4-6-14-21(3)19(23)16-10-12-17(13-11-16)20(24)22-15-8-7-9-18(22)5-2/h10-13,18H,4-9,14-15H2,1-3H3. The van der Waals surface area contributed by atoms with Gasteiger partial charge in [0.1, 0.15) is 0 Å². The van der Waals surface area contributed by atoms with Gasteiger partial charge in [-0.3, -0.25) is 9.59 Å². The van der Waals surface area contributed by atoms with Crippen LogP contribution in [0.1, 0.15) is 73.1 Å². The second-order valence-electron chi connectivity index (χ2n) is 6.71. The second-order valence-corrected chi connectivity index (χ2v) is 6.71. The van der Waals surface area contributed by atoms with Crippen LogP contribution >= 0.6 is 0 Å². The number of carbonyl (C=O) groups is 2. The number of benzene rings is 1. The molecule has 1 heterocycles. The molecular formula is C20H30N2O2. The maximum atomic E-state index is 12.8. The molecule has 0 spiro atoms. The van der Waals surface area contributed by atoms with Crippen LogP contribution < -0.4 is 0 Å². The highest BCUT2D eigenvalue weighted by Gasteiger charge is 2.26. The summed E-state index contributed by atoms with van der Waals surface area (Å²) in [6.07, 6.45) is 6.47. The van der Waals surface area contributed by atoms with Crippen LogP contribution in [-0.2, 0) is 0 Å². The van der Waals surface area contributed by atoms with E-state index in [0.717, 1.165) is 45.2 Å². The van der Waals surface area contributed by atoms with Crippen molar-refractivity contribution in [1.29, 1.82) is 0 Å². The molecule has 0 aromatic heterocycles. The lowest BCUT2D eigenvalue weighted by Gasteiger charge is -2.35. The van der Waals surface area contributed by atoms with Crippen molar-refractivity contribution in [3.63, 3.8) is 0 Å². The zero-order valence-corrected chi connectivity index (χ0v) is 15.3. The van der Waals surface area contributed by atoms with Crippen molar-refractivity contribution in [2.24, 2.45) is 0 Å². The third kappa shape index (κ3) is 4.37. The molecule has 1 aliphatic rings. The van der Waals surface area contributed by atoms with Crippen LogP contribution in [0.3, 0.4) is 0 Å². The lowest BCUT2D eigenvalue weighted by atomic mass is 9.98. The molecule has 4 nitrogen and oxygen atoms in total. The minimum Gasteiger partial charge on any atom is -0.342 e. The molecule has 0 radical (unpaired) electrons. The summed E-state index contributed by atoms with van der Waals surface area (Å²) in [7, 11) is 1.83. The first kappa shape index (κ1) is 18.5. The van der Waals surface area contributed by atoms with Gasteiger partial charge in [0.05, 0.1) is 0 Å². The van der Waals surface area contributed by atoms with Gasteiger partial charge in [-0.15, -0.1) is 0 Å². The Balaban J connectivity index is 2.05. The van der Waals surface area contributed by atoms with E-state index in [1.54, 1.807) is 29.2 Å². The molecule has 4 heteroatoms. The molecule has 0 aliphatic carbocycles. The first-order valence-corrected chi connectivity index (χ1v) is 9.25. The zero-order chi connectivity index (χ0) is 17.5. The van der Waals surface area contributed by atoms with E-state index < -0.39 is 0 Å². The lowest BCUT2D eigenvalue weighted by Crippen LogP contribution is -2.43. The highest BCUT2D eigenvalue weighted by molar-refractivity contribution is 5.97. The molecule has 1 aliphatic heterocycles. The van der Waals surface area contributed by atoms with Gasteiger partial charge in [0.2, 0.25) is 0 Å². The van der Waals surface area contributed by atoms with Crippen molar-refractivity contribution >= 4 is 11.8 Å². The third-order valence-electron chi connectivity index (χ3n) is 4.93. The van der Waals surface area contributed by atoms with E-state index in [1.807, 2.05) is 11.9 Å². The molecule has 0 N–H and O–H groups in total. The summed E-state index contributed by atoms with van der Waals surface area (Å²) in [5.74, 6) is 0.117. The van der Waals surface area contributed by atoms with Crippen molar-refractivity contribution in [2.75, 3.05) is 20.1 Å². The SMILES string of the molecule is CCCCN(C)C(=O)c1ccc(C(=O)N2CCCCC2CC)cc1. The second kappa shape index (κ2) is 8.86. The molecule has 1 fully saturated rings. The molecule has 0 bridgehead atoms. The van der Waals surface area contributed by atoms with Crippen molar-refractivity contribution in [2.45, 2.75) is 58.4 Å². The highest BCUT2D eigenvalue weighted by Crippen LogP contribution is 2.22. The first-order chi connectivity index (χ1) is 11.6. The fourth-order valence-corrected chi connectivity index (χ4v) is 3.33. The van der Waals surface area contributed by atoms with Gasteiger partial charge in [-0.1, -0.05) is 20.3 Å². The topological polar surface area (TPSA) is 40.6 Å². The number of unbranched alkanes of at least 4 members (excludes halogenated alkanes) is 1. The van der Waals surface area contributed by atoms with Gasteiger partial charge in [0.25, 0.3) is 11.8 Å². The number of hydrogen-bond donors (Lipinski definition) is 0. The van der Waals surface area contributed by atoms with Crippen molar-refractivity contribution < 1.29 is 9.59 Å². The summed E-state index contributed by atoms with van der Waals surface area (Å²) < 4.78 is 0. The number of likely N-dealkylation sites (tertiary alicyclic amines) is 1. The Kier molecular flexibility index (Phi) is 6.83. The Morgan fingerprint density at radius 2 is 1.79 bits per heavy atom. The van der Waals surface area contributed by atoms with Gasteiger partial charge < -0.3 is 9.80 Å². The predicted molar refractivity (Wildman–Crippen MR) is 97.3 cm³/mol. The number of nitrogens with zero attached hydrogens (tertiary/aromatic N) is 2. The summed E-state index contributed by atoms with van der Waals surface area (Å²) in [5, 5.41) is 0. The summed E-state index contributed by atoms with van der Waals surface area (Å²) in [4.78, 5) is 28.9. The smallest absolute Gasteiger partial charge is 0.254 e. The predicted octanol–water partition coefficient (Wildman–Crippen LogP) is 3.96. The van der Waals surface area contributed by atoms with Gasteiger partial charge >= 0.3 is 0 Å². The van der Waals surface area contributed by atoms with Crippen LogP contribution in [0.25, 0.3) is 0 Å². The van der Waals surface area contributed by atoms with Crippen LogP contribution in [-0.4, -0.2) is 47.8 Å². The number of carbonyl (C=O) groups excluding carboxylic acids is 2. The molecule has 2 rings (SSSR count). The van der Waals surface area contributed by atoms with Gasteiger partial charge in [-0.05, 0) is 56.4 Å². The van der Waals surface area contributed by atoms with E-state index in [4.69, 9.17) is 0 Å². The van der Waals surface area contributed by atoms with E-state index in [0.29, 0.717) is 17.2 Å². The summed E-state index contributed by atoms with van der Waals surface area (Å²) in [5.41, 5.74) is 1.33. The Morgan fingerprint density at radius 3 is 2.42 bits per heavy atom. The molecule has 24 heavy (non-hydrogen) atoms. The zero-order valence-electron chi connectivity index (χ0n) is 15.3. The molecule has 1 aromatic rings. The molecule has 132 valence electrons. The quantitative estimate of drug-likeness (QED) is 0.792. The Labute approximate surface area is 145 Å². The molecule has 1 atom stereocenters. The average molecular weight is 330 g/mol. The molecular weight excluding hydrogens is 300 g/mol. The maximum Gasteiger partial charge on any atom is 0.254 e. The van der Waals surface area contributed by atoms with Gasteiger partial charge in [-0.25, -0.2) is 0 Å². The van der Waals surface area contributed by atoms with Crippen molar-refractivity contribution in [3.8, 4) is 0 Å². The van der Waals surface area contributed by atoms with Crippen LogP contribution in [0.5, 0.6) is 0 Å². The fraction of sp³-hybridized carbons (Fsp3) is 0.600. The minimum atomic E-state index is 0.0202. The molecule has 1 aromatic carbocycles. The van der Waals surface area contributed by atoms with Crippen molar-refractivity contribution in [3.05, 3.63) is 35.4 Å². The number of piperidine rings is 1. The summed E-state index contributed by atoms with van der Waals surface area (Å²) in [6, 6.07) is 7.51. The molecule has 2 amide bonds. The van der Waals surface area contributed by atoms with Gasteiger partial charge in [-0.2, -0.15) is 0 Å². The summed E-state index contributed by atoms with van der Waals surface area (Å²) in [6.45, 7) is 5.87. The van der Waals surface area contributed by atoms with Gasteiger partial charge in [0.15, 0.2) is 0 Å². The number of rotatable bonds is 6. The molecule has 1 saturated heterocycles. The largest absolute Gasteiger partial charge is 0.342 e. The van der Waals surface area contributed by atoms with Crippen molar-refractivity contribution in [1.82, 2.24) is 9.80 Å². The Morgan fingerprint density at radius 1 is 1.12 bits per heavy atom. The molecule has 1 unspecified atom stereocenters. The van der Waals surface area contributed by atoms with E-state index >= 15 is 0 Å². The Bertz CT molecular complexity index is 553. The van der Waals surface area contributed by atoms with Crippen LogP contribution in [0.4, 0.5) is 0 Å². The maximum absolute atomic E-state index is 12.8. The number of amides is 2.